The second kappa shape index (κ2) is 2.15. The monoisotopic (exact) mass is 246 g/mol. The summed E-state index contributed by atoms with van der Waals surface area (Å²) in [5.74, 6) is 0. The van der Waals surface area contributed by atoms with Crippen molar-refractivity contribution < 1.29 is 0 Å². The minimum atomic E-state index is 0.873. The molecule has 5 heteroatoms. The highest BCUT2D eigenvalue weighted by Crippen LogP contribution is 2.06. The second-order valence-corrected chi connectivity index (χ2v) is 2.80. The number of aromatic nitrogens is 4. The van der Waals surface area contributed by atoms with E-state index >= 15 is 0 Å². The Labute approximate surface area is 70.4 Å². The molecular weight excluding hydrogens is 243 g/mol. The fraction of sp³-hybridized carbons (Fsp3) is 0. The molecule has 2 aromatic heterocycles. The Morgan fingerprint density at radius 1 is 1.50 bits per heavy atom. The number of hydrogen-bond acceptors (Lipinski definition) is 3. The lowest BCUT2D eigenvalue weighted by Crippen LogP contribution is -1.94. The Morgan fingerprint density at radius 3 is 3.20 bits per heavy atom. The van der Waals surface area contributed by atoms with Crippen molar-refractivity contribution in [3.63, 3.8) is 0 Å². The van der Waals surface area contributed by atoms with E-state index in [1.54, 1.807) is 17.0 Å². The second-order valence-electron chi connectivity index (χ2n) is 1.78. The topological polar surface area (TPSA) is 43.1 Å². The van der Waals surface area contributed by atoms with Crippen LogP contribution in [0.25, 0.3) is 5.52 Å². The summed E-state index contributed by atoms with van der Waals surface area (Å²) in [7, 11) is 0. The lowest BCUT2D eigenvalue weighted by Gasteiger charge is -1.90. The molecule has 4 nitrogen and oxygen atoms in total. The summed E-state index contributed by atoms with van der Waals surface area (Å²) < 4.78 is 2.56. The molecule has 0 spiro atoms. The molecule has 0 saturated carbocycles. The summed E-state index contributed by atoms with van der Waals surface area (Å²) in [5.41, 5.74) is 0.996. The van der Waals surface area contributed by atoms with Crippen LogP contribution in [0.15, 0.2) is 18.6 Å². The van der Waals surface area contributed by atoms with Crippen molar-refractivity contribution >= 4 is 28.1 Å². The maximum Gasteiger partial charge on any atom is 0.149 e. The standard InChI is InChI=1S/C5H3IN4/c6-5-4-1-2-8-10(4)3-7-9-5/h1-3H. The van der Waals surface area contributed by atoms with Gasteiger partial charge >= 0.3 is 0 Å². The number of rotatable bonds is 0. The third-order valence-electron chi connectivity index (χ3n) is 1.19. The van der Waals surface area contributed by atoms with E-state index in [1.807, 2.05) is 6.07 Å². The van der Waals surface area contributed by atoms with E-state index < -0.39 is 0 Å². The molecule has 0 aromatic carbocycles. The molecule has 2 rings (SSSR count). The lowest BCUT2D eigenvalue weighted by atomic mass is 10.6. The Morgan fingerprint density at radius 2 is 2.40 bits per heavy atom. The molecule has 50 valence electrons. The maximum absolute atomic E-state index is 3.99. The normalized spacial score (nSPS) is 10.5. The average molecular weight is 246 g/mol. The van der Waals surface area contributed by atoms with Crippen molar-refractivity contribution in [3.05, 3.63) is 22.3 Å². The van der Waals surface area contributed by atoms with Crippen molar-refractivity contribution in [1.82, 2.24) is 19.8 Å². The quantitative estimate of drug-likeness (QED) is 0.643. The molecule has 2 aromatic rings. The lowest BCUT2D eigenvalue weighted by molar-refractivity contribution is 0.851. The van der Waals surface area contributed by atoms with Gasteiger partial charge in [0.25, 0.3) is 0 Å². The average Bonchev–Trinajstić information content (AvgIpc) is 2.36. The molecule has 0 unspecified atom stereocenters. The highest BCUT2D eigenvalue weighted by Gasteiger charge is 1.97. The number of halogens is 1. The van der Waals surface area contributed by atoms with Gasteiger partial charge in [-0.05, 0) is 28.7 Å². The van der Waals surface area contributed by atoms with E-state index in [2.05, 4.69) is 37.9 Å². The van der Waals surface area contributed by atoms with Crippen molar-refractivity contribution in [1.29, 1.82) is 0 Å². The fourth-order valence-electron chi connectivity index (χ4n) is 0.746. The van der Waals surface area contributed by atoms with Gasteiger partial charge in [-0.3, -0.25) is 0 Å². The van der Waals surface area contributed by atoms with Gasteiger partial charge in [-0.2, -0.15) is 5.10 Å². The summed E-state index contributed by atoms with van der Waals surface area (Å²) in [6, 6.07) is 1.90. The van der Waals surface area contributed by atoms with Crippen LogP contribution in [0.2, 0.25) is 0 Å². The Kier molecular flexibility index (Phi) is 1.30. The first-order chi connectivity index (χ1) is 4.88. The van der Waals surface area contributed by atoms with E-state index in [0.717, 1.165) is 9.22 Å². The predicted molar refractivity (Wildman–Crippen MR) is 43.5 cm³/mol. The zero-order valence-electron chi connectivity index (χ0n) is 4.90. The van der Waals surface area contributed by atoms with Gasteiger partial charge in [0.1, 0.15) is 15.5 Å². The smallest absolute Gasteiger partial charge is 0.149 e. The molecule has 0 bridgehead atoms. The number of nitrogens with zero attached hydrogens (tertiary/aromatic N) is 4. The van der Waals surface area contributed by atoms with E-state index in [1.165, 1.54) is 0 Å². The summed E-state index contributed by atoms with van der Waals surface area (Å²) in [5, 5.41) is 11.6. The van der Waals surface area contributed by atoms with Gasteiger partial charge in [0.15, 0.2) is 0 Å². The molecular formula is C5H3IN4. The van der Waals surface area contributed by atoms with Crippen LogP contribution in [0.3, 0.4) is 0 Å². The first kappa shape index (κ1) is 6.02. The summed E-state index contributed by atoms with van der Waals surface area (Å²) in [6.07, 6.45) is 3.30. The largest absolute Gasteiger partial charge is 0.218 e. The Hall–Kier alpha value is -0.720. The van der Waals surface area contributed by atoms with E-state index in [-0.39, 0.29) is 0 Å². The highest BCUT2D eigenvalue weighted by atomic mass is 127. The molecule has 0 aliphatic heterocycles. The number of hydrogen-bond donors (Lipinski definition) is 0. The predicted octanol–water partition coefficient (Wildman–Crippen LogP) is 0.729. The Balaban J connectivity index is 2.95. The van der Waals surface area contributed by atoms with Gasteiger partial charge in [-0.15, -0.1) is 10.2 Å². The molecule has 0 fully saturated rings. The van der Waals surface area contributed by atoms with Gasteiger partial charge in [-0.1, -0.05) is 0 Å². The summed E-state index contributed by atoms with van der Waals surface area (Å²) in [6.45, 7) is 0. The molecule has 0 amide bonds. The van der Waals surface area contributed by atoms with Crippen LogP contribution in [-0.2, 0) is 0 Å². The molecule has 0 saturated heterocycles. The van der Waals surface area contributed by atoms with Crippen molar-refractivity contribution in [2.45, 2.75) is 0 Å². The molecule has 10 heavy (non-hydrogen) atoms. The fourth-order valence-corrected chi connectivity index (χ4v) is 1.30. The molecule has 0 N–H and O–H groups in total. The van der Waals surface area contributed by atoms with Gasteiger partial charge in [0.05, 0.1) is 6.20 Å². The SMILES string of the molecule is Ic1nncn2nccc12. The summed E-state index contributed by atoms with van der Waals surface area (Å²) >= 11 is 2.12. The minimum Gasteiger partial charge on any atom is -0.218 e. The van der Waals surface area contributed by atoms with Crippen LogP contribution < -0.4 is 0 Å². The Bertz CT molecular complexity index is 355. The van der Waals surface area contributed by atoms with Gasteiger partial charge in [0.2, 0.25) is 0 Å². The van der Waals surface area contributed by atoms with E-state index in [0.29, 0.717) is 0 Å². The third-order valence-corrected chi connectivity index (χ3v) is 1.96. The van der Waals surface area contributed by atoms with Crippen LogP contribution in [0.4, 0.5) is 0 Å². The van der Waals surface area contributed by atoms with Gasteiger partial charge in [0, 0.05) is 0 Å². The van der Waals surface area contributed by atoms with Crippen LogP contribution in [-0.4, -0.2) is 19.8 Å². The highest BCUT2D eigenvalue weighted by molar-refractivity contribution is 14.1. The summed E-state index contributed by atoms with van der Waals surface area (Å²) in [4.78, 5) is 0. The third kappa shape index (κ3) is 0.772. The van der Waals surface area contributed by atoms with Crippen molar-refractivity contribution in [3.8, 4) is 0 Å². The van der Waals surface area contributed by atoms with Crippen molar-refractivity contribution in [2.24, 2.45) is 0 Å². The molecule has 0 aliphatic rings. The first-order valence-electron chi connectivity index (χ1n) is 2.68. The molecule has 2 heterocycles. The van der Waals surface area contributed by atoms with Crippen LogP contribution in [0, 0.1) is 3.70 Å². The van der Waals surface area contributed by atoms with Crippen molar-refractivity contribution in [2.75, 3.05) is 0 Å². The molecule has 0 aliphatic carbocycles. The number of fused-ring (bicyclic) bond motifs is 1. The van der Waals surface area contributed by atoms with E-state index in [4.69, 9.17) is 0 Å². The maximum atomic E-state index is 3.99. The zero-order valence-corrected chi connectivity index (χ0v) is 7.06. The van der Waals surface area contributed by atoms with Crippen LogP contribution >= 0.6 is 22.6 Å². The van der Waals surface area contributed by atoms with Crippen LogP contribution in [0.5, 0.6) is 0 Å². The van der Waals surface area contributed by atoms with Gasteiger partial charge in [-0.25, -0.2) is 4.52 Å². The minimum absolute atomic E-state index is 0.873. The van der Waals surface area contributed by atoms with E-state index in [9.17, 15) is 0 Å². The molecule has 0 radical (unpaired) electrons. The van der Waals surface area contributed by atoms with Gasteiger partial charge < -0.3 is 0 Å². The molecule has 0 atom stereocenters. The van der Waals surface area contributed by atoms with Crippen LogP contribution in [0.1, 0.15) is 0 Å². The zero-order chi connectivity index (χ0) is 6.97. The first-order valence-corrected chi connectivity index (χ1v) is 3.76.